The molecular formula is C13H12N2O3S2. The molecule has 0 unspecified atom stereocenters. The van der Waals surface area contributed by atoms with Crippen LogP contribution in [0.15, 0.2) is 36.0 Å². The van der Waals surface area contributed by atoms with Crippen molar-refractivity contribution in [2.75, 3.05) is 11.1 Å². The summed E-state index contributed by atoms with van der Waals surface area (Å²) in [6.07, 6.45) is 2.66. The van der Waals surface area contributed by atoms with E-state index in [2.05, 4.69) is 10.3 Å². The molecule has 2 aromatic rings. The molecule has 0 aliphatic heterocycles. The normalized spacial score (nSPS) is 10.2. The first-order valence-electron chi connectivity index (χ1n) is 5.73. The monoisotopic (exact) mass is 308 g/mol. The number of aromatic carboxylic acids is 1. The summed E-state index contributed by atoms with van der Waals surface area (Å²) in [5.74, 6) is -0.134. The van der Waals surface area contributed by atoms with Gasteiger partial charge in [0.15, 0.2) is 0 Å². The second-order valence-corrected chi connectivity index (χ2v) is 5.91. The molecule has 0 atom stereocenters. The fourth-order valence-electron chi connectivity index (χ4n) is 1.46. The highest BCUT2D eigenvalue weighted by Gasteiger charge is 2.07. The molecule has 2 aromatic heterocycles. The maximum absolute atomic E-state index is 11.7. The number of anilines is 1. The standard InChI is InChI=1S/C13H12N2O3S2/c16-12(8-19-7-11-2-1-3-20-11)15-10-4-9(13(17)18)5-14-6-10/h1-6H,7-8H2,(H,15,16)(H,17,18). The maximum Gasteiger partial charge on any atom is 0.337 e. The molecule has 2 N–H and O–H groups in total. The van der Waals surface area contributed by atoms with E-state index in [-0.39, 0.29) is 11.5 Å². The molecule has 2 heterocycles. The number of carbonyl (C=O) groups excluding carboxylic acids is 1. The van der Waals surface area contributed by atoms with Gasteiger partial charge in [0.25, 0.3) is 0 Å². The molecule has 0 spiro atoms. The number of thioether (sulfide) groups is 1. The third-order valence-electron chi connectivity index (χ3n) is 2.33. The van der Waals surface area contributed by atoms with Crippen LogP contribution in [-0.4, -0.2) is 27.7 Å². The number of nitrogens with zero attached hydrogens (tertiary/aromatic N) is 1. The minimum atomic E-state index is -1.07. The van der Waals surface area contributed by atoms with Crippen molar-refractivity contribution in [2.24, 2.45) is 0 Å². The third kappa shape index (κ3) is 4.36. The van der Waals surface area contributed by atoms with Gasteiger partial charge >= 0.3 is 5.97 Å². The van der Waals surface area contributed by atoms with E-state index in [4.69, 9.17) is 5.11 Å². The van der Waals surface area contributed by atoms with Crippen LogP contribution in [0.3, 0.4) is 0 Å². The van der Waals surface area contributed by atoms with Gasteiger partial charge in [-0.3, -0.25) is 9.78 Å². The Hall–Kier alpha value is -1.86. The molecule has 7 heteroatoms. The third-order valence-corrected chi connectivity index (χ3v) is 4.37. The quantitative estimate of drug-likeness (QED) is 0.857. The highest BCUT2D eigenvalue weighted by Crippen LogP contribution is 2.17. The number of thiophene rings is 1. The summed E-state index contributed by atoms with van der Waals surface area (Å²) in [4.78, 5) is 27.5. The average molecular weight is 308 g/mol. The van der Waals surface area contributed by atoms with Crippen molar-refractivity contribution in [1.29, 1.82) is 0 Å². The number of carbonyl (C=O) groups is 2. The molecule has 0 fully saturated rings. The molecule has 2 rings (SSSR count). The van der Waals surface area contributed by atoms with Gasteiger partial charge in [-0.1, -0.05) is 6.07 Å². The van der Waals surface area contributed by atoms with Crippen molar-refractivity contribution < 1.29 is 14.7 Å². The Morgan fingerprint density at radius 1 is 1.40 bits per heavy atom. The molecule has 0 saturated carbocycles. The van der Waals surface area contributed by atoms with Gasteiger partial charge in [0.2, 0.25) is 5.91 Å². The minimum Gasteiger partial charge on any atom is -0.478 e. The lowest BCUT2D eigenvalue weighted by atomic mass is 10.2. The predicted molar refractivity (Wildman–Crippen MR) is 80.3 cm³/mol. The Balaban J connectivity index is 1.82. The number of rotatable bonds is 6. The summed E-state index contributed by atoms with van der Waals surface area (Å²) >= 11 is 3.17. The first-order chi connectivity index (χ1) is 9.65. The first-order valence-corrected chi connectivity index (χ1v) is 7.77. The average Bonchev–Trinajstić information content (AvgIpc) is 2.92. The highest BCUT2D eigenvalue weighted by molar-refractivity contribution is 7.99. The van der Waals surface area contributed by atoms with Gasteiger partial charge in [0.1, 0.15) is 0 Å². The largest absolute Gasteiger partial charge is 0.478 e. The van der Waals surface area contributed by atoms with E-state index < -0.39 is 5.97 Å². The van der Waals surface area contributed by atoms with Gasteiger partial charge in [-0.05, 0) is 17.5 Å². The first kappa shape index (κ1) is 14.5. The van der Waals surface area contributed by atoms with E-state index in [0.29, 0.717) is 11.4 Å². The van der Waals surface area contributed by atoms with Crippen LogP contribution in [0.4, 0.5) is 5.69 Å². The van der Waals surface area contributed by atoms with Crippen LogP contribution in [0.2, 0.25) is 0 Å². The van der Waals surface area contributed by atoms with E-state index in [1.165, 1.54) is 35.1 Å². The highest BCUT2D eigenvalue weighted by atomic mass is 32.2. The molecule has 104 valence electrons. The Morgan fingerprint density at radius 2 is 2.25 bits per heavy atom. The molecule has 0 aliphatic carbocycles. The van der Waals surface area contributed by atoms with Gasteiger partial charge < -0.3 is 10.4 Å². The summed E-state index contributed by atoms with van der Waals surface area (Å²) in [5.41, 5.74) is 0.445. The number of nitrogens with one attached hydrogen (secondary N) is 1. The second-order valence-electron chi connectivity index (χ2n) is 3.89. The van der Waals surface area contributed by atoms with Crippen molar-refractivity contribution >= 4 is 40.7 Å². The van der Waals surface area contributed by atoms with E-state index in [0.717, 1.165) is 5.75 Å². The van der Waals surface area contributed by atoms with E-state index in [1.54, 1.807) is 11.3 Å². The van der Waals surface area contributed by atoms with Gasteiger partial charge in [-0.2, -0.15) is 0 Å². The number of hydrogen-bond acceptors (Lipinski definition) is 5. The van der Waals surface area contributed by atoms with Gasteiger partial charge in [0, 0.05) is 16.8 Å². The van der Waals surface area contributed by atoms with Crippen molar-refractivity contribution in [3.8, 4) is 0 Å². The lowest BCUT2D eigenvalue weighted by Crippen LogP contribution is -2.14. The van der Waals surface area contributed by atoms with Crippen LogP contribution in [0, 0.1) is 0 Å². The van der Waals surface area contributed by atoms with Crippen molar-refractivity contribution in [3.05, 3.63) is 46.4 Å². The molecule has 0 saturated heterocycles. The topological polar surface area (TPSA) is 79.3 Å². The molecule has 0 bridgehead atoms. The Bertz CT molecular complexity index is 599. The number of pyridine rings is 1. The number of amides is 1. The number of carboxylic acid groups (broad SMARTS) is 1. The SMILES string of the molecule is O=C(CSCc1cccs1)Nc1cncc(C(=O)O)c1. The minimum absolute atomic E-state index is 0.0500. The van der Waals surface area contributed by atoms with Gasteiger partial charge in [-0.25, -0.2) is 4.79 Å². The zero-order valence-electron chi connectivity index (χ0n) is 10.4. The Morgan fingerprint density at radius 3 is 2.95 bits per heavy atom. The van der Waals surface area contributed by atoms with Crippen molar-refractivity contribution in [1.82, 2.24) is 4.98 Å². The van der Waals surface area contributed by atoms with Crippen LogP contribution < -0.4 is 5.32 Å². The molecule has 20 heavy (non-hydrogen) atoms. The summed E-state index contributed by atoms with van der Waals surface area (Å²) in [6.45, 7) is 0. The molecule has 1 amide bonds. The van der Waals surface area contributed by atoms with Crippen LogP contribution in [-0.2, 0) is 10.5 Å². The Labute approximate surface area is 124 Å². The van der Waals surface area contributed by atoms with E-state index >= 15 is 0 Å². The van der Waals surface area contributed by atoms with E-state index in [9.17, 15) is 9.59 Å². The molecular weight excluding hydrogens is 296 g/mol. The number of hydrogen-bond donors (Lipinski definition) is 2. The number of aromatic nitrogens is 1. The molecule has 5 nitrogen and oxygen atoms in total. The lowest BCUT2D eigenvalue weighted by molar-refractivity contribution is -0.113. The fourth-order valence-corrected chi connectivity index (χ4v) is 3.13. The van der Waals surface area contributed by atoms with Crippen LogP contribution in [0.5, 0.6) is 0 Å². The van der Waals surface area contributed by atoms with E-state index in [1.807, 2.05) is 17.5 Å². The summed E-state index contributed by atoms with van der Waals surface area (Å²) in [6, 6.07) is 5.39. The lowest BCUT2D eigenvalue weighted by Gasteiger charge is -2.05. The molecule has 0 radical (unpaired) electrons. The van der Waals surface area contributed by atoms with Gasteiger partial charge in [-0.15, -0.1) is 23.1 Å². The summed E-state index contributed by atoms with van der Waals surface area (Å²) in [5, 5.41) is 13.5. The number of carboxylic acids is 1. The van der Waals surface area contributed by atoms with Crippen molar-refractivity contribution in [3.63, 3.8) is 0 Å². The second kappa shape index (κ2) is 7.06. The Kier molecular flexibility index (Phi) is 5.14. The predicted octanol–water partition coefficient (Wildman–Crippen LogP) is 2.71. The summed E-state index contributed by atoms with van der Waals surface area (Å²) in [7, 11) is 0. The van der Waals surface area contributed by atoms with Crippen molar-refractivity contribution in [2.45, 2.75) is 5.75 Å². The zero-order valence-corrected chi connectivity index (χ0v) is 12.0. The zero-order chi connectivity index (χ0) is 14.4. The molecule has 0 aliphatic rings. The fraction of sp³-hybridized carbons (Fsp3) is 0.154. The molecule has 0 aromatic carbocycles. The smallest absolute Gasteiger partial charge is 0.337 e. The maximum atomic E-state index is 11.7. The summed E-state index contributed by atoms with van der Waals surface area (Å²) < 4.78 is 0. The van der Waals surface area contributed by atoms with Crippen LogP contribution in [0.1, 0.15) is 15.2 Å². The van der Waals surface area contributed by atoms with Crippen LogP contribution >= 0.6 is 23.1 Å². The van der Waals surface area contributed by atoms with Crippen LogP contribution in [0.25, 0.3) is 0 Å². The van der Waals surface area contributed by atoms with Gasteiger partial charge in [0.05, 0.1) is 23.2 Å².